The van der Waals surface area contributed by atoms with E-state index in [1.165, 1.54) is 38.5 Å². The van der Waals surface area contributed by atoms with Gasteiger partial charge < -0.3 is 10.6 Å². The molecule has 1 aromatic rings. The summed E-state index contributed by atoms with van der Waals surface area (Å²) in [6.45, 7) is 1.06. The number of piperidine rings is 1. The Bertz CT molecular complexity index is 474. The molecule has 0 spiro atoms. The van der Waals surface area contributed by atoms with Crippen LogP contribution in [0.5, 0.6) is 0 Å². The van der Waals surface area contributed by atoms with Crippen molar-refractivity contribution in [3.05, 3.63) is 18.0 Å². The Kier molecular flexibility index (Phi) is 3.64. The molecule has 2 fully saturated rings. The number of anilines is 1. The van der Waals surface area contributed by atoms with Crippen molar-refractivity contribution >= 4 is 23.2 Å². The monoisotopic (exact) mass is 276 g/mol. The molecule has 3 rings (SSSR count). The molecule has 1 aliphatic carbocycles. The van der Waals surface area contributed by atoms with E-state index in [2.05, 4.69) is 14.9 Å². The molecule has 5 heteroatoms. The first kappa shape index (κ1) is 12.8. The van der Waals surface area contributed by atoms with Gasteiger partial charge >= 0.3 is 0 Å². The third kappa shape index (κ3) is 2.56. The lowest BCUT2D eigenvalue weighted by molar-refractivity contribution is 0.241. The average Bonchev–Trinajstić information content (AvgIpc) is 2.47. The van der Waals surface area contributed by atoms with Gasteiger partial charge in [0.1, 0.15) is 10.7 Å². The molecule has 1 saturated carbocycles. The highest BCUT2D eigenvalue weighted by Crippen LogP contribution is 2.36. The fourth-order valence-electron chi connectivity index (χ4n) is 3.50. The molecule has 1 aromatic heterocycles. The van der Waals surface area contributed by atoms with Gasteiger partial charge in [0.05, 0.1) is 0 Å². The Morgan fingerprint density at radius 3 is 2.89 bits per heavy atom. The first-order chi connectivity index (χ1) is 9.25. The summed E-state index contributed by atoms with van der Waals surface area (Å²) < 4.78 is 0. The zero-order valence-electron chi connectivity index (χ0n) is 11.1. The van der Waals surface area contributed by atoms with Crippen LogP contribution in [0.3, 0.4) is 0 Å². The highest BCUT2D eigenvalue weighted by atomic mass is 32.1. The minimum atomic E-state index is 0.348. The summed E-state index contributed by atoms with van der Waals surface area (Å²) in [5.41, 5.74) is 6.35. The molecule has 1 aliphatic heterocycles. The smallest absolute Gasteiger partial charge is 0.226 e. The number of nitrogens with two attached hydrogens (primary N) is 1. The van der Waals surface area contributed by atoms with Crippen LogP contribution in [0.2, 0.25) is 0 Å². The van der Waals surface area contributed by atoms with Gasteiger partial charge in [-0.05, 0) is 37.7 Å². The molecule has 0 radical (unpaired) electrons. The lowest BCUT2D eigenvalue weighted by Gasteiger charge is -2.44. The minimum absolute atomic E-state index is 0.348. The van der Waals surface area contributed by atoms with E-state index in [0.29, 0.717) is 16.7 Å². The van der Waals surface area contributed by atoms with Crippen molar-refractivity contribution in [3.63, 3.8) is 0 Å². The number of nitrogens with zero attached hydrogens (tertiary/aromatic N) is 3. The van der Waals surface area contributed by atoms with Gasteiger partial charge in [0.25, 0.3) is 0 Å². The van der Waals surface area contributed by atoms with Crippen LogP contribution in [0.15, 0.2) is 12.3 Å². The van der Waals surface area contributed by atoms with Crippen LogP contribution in [0, 0.1) is 5.92 Å². The fourth-order valence-corrected chi connectivity index (χ4v) is 3.61. The van der Waals surface area contributed by atoms with Crippen molar-refractivity contribution in [2.75, 3.05) is 11.4 Å². The highest BCUT2D eigenvalue weighted by Gasteiger charge is 2.34. The van der Waals surface area contributed by atoms with Gasteiger partial charge in [-0.3, -0.25) is 0 Å². The van der Waals surface area contributed by atoms with Crippen molar-refractivity contribution in [2.24, 2.45) is 11.7 Å². The van der Waals surface area contributed by atoms with Crippen molar-refractivity contribution in [2.45, 2.75) is 44.6 Å². The van der Waals surface area contributed by atoms with Gasteiger partial charge in [-0.15, -0.1) is 0 Å². The quantitative estimate of drug-likeness (QED) is 0.840. The molecule has 2 heterocycles. The van der Waals surface area contributed by atoms with E-state index in [0.717, 1.165) is 18.4 Å². The Balaban J connectivity index is 1.87. The molecule has 102 valence electrons. The largest absolute Gasteiger partial charge is 0.388 e. The molecule has 2 unspecified atom stereocenters. The van der Waals surface area contributed by atoms with E-state index < -0.39 is 0 Å². The second-order valence-corrected chi connectivity index (χ2v) is 5.99. The van der Waals surface area contributed by atoms with Gasteiger partial charge in [-0.25, -0.2) is 9.97 Å². The van der Waals surface area contributed by atoms with E-state index in [4.69, 9.17) is 18.0 Å². The summed E-state index contributed by atoms with van der Waals surface area (Å²) in [7, 11) is 0. The van der Waals surface area contributed by atoms with E-state index in [1.807, 2.05) is 0 Å². The first-order valence-corrected chi connectivity index (χ1v) is 7.56. The topological polar surface area (TPSA) is 55.0 Å². The maximum absolute atomic E-state index is 5.67. The molecular weight excluding hydrogens is 256 g/mol. The number of hydrogen-bond donors (Lipinski definition) is 1. The normalized spacial score (nSPS) is 26.8. The molecule has 1 saturated heterocycles. The minimum Gasteiger partial charge on any atom is -0.388 e. The predicted molar refractivity (Wildman–Crippen MR) is 80.2 cm³/mol. The summed E-state index contributed by atoms with van der Waals surface area (Å²) in [6.07, 6.45) is 9.69. The van der Waals surface area contributed by atoms with Crippen LogP contribution in [-0.2, 0) is 0 Å². The lowest BCUT2D eigenvalue weighted by atomic mass is 9.78. The van der Waals surface area contributed by atoms with Crippen LogP contribution in [0.25, 0.3) is 0 Å². The molecule has 19 heavy (non-hydrogen) atoms. The van der Waals surface area contributed by atoms with Gasteiger partial charge in [-0.1, -0.05) is 25.1 Å². The highest BCUT2D eigenvalue weighted by molar-refractivity contribution is 7.80. The molecular formula is C14H20N4S. The molecule has 4 nitrogen and oxygen atoms in total. The number of hydrogen-bond acceptors (Lipinski definition) is 4. The van der Waals surface area contributed by atoms with Crippen LogP contribution >= 0.6 is 12.2 Å². The van der Waals surface area contributed by atoms with Crippen LogP contribution in [0.4, 0.5) is 5.95 Å². The SMILES string of the molecule is NC(=S)c1ccnc(N2CCCC3CCCCC32)n1. The summed E-state index contributed by atoms with van der Waals surface area (Å²) in [4.78, 5) is 11.7. The van der Waals surface area contributed by atoms with Gasteiger partial charge in [0, 0.05) is 18.8 Å². The van der Waals surface area contributed by atoms with E-state index >= 15 is 0 Å². The second-order valence-electron chi connectivity index (χ2n) is 5.55. The third-order valence-corrected chi connectivity index (χ3v) is 4.60. The summed E-state index contributed by atoms with van der Waals surface area (Å²) >= 11 is 5.01. The maximum Gasteiger partial charge on any atom is 0.226 e. The van der Waals surface area contributed by atoms with Crippen molar-refractivity contribution < 1.29 is 0 Å². The standard InChI is InChI=1S/C14H20N4S/c15-13(19)11-7-8-16-14(17-11)18-9-3-5-10-4-1-2-6-12(10)18/h7-8,10,12H,1-6,9H2,(H2,15,19). The van der Waals surface area contributed by atoms with Crippen LogP contribution < -0.4 is 10.6 Å². The van der Waals surface area contributed by atoms with Crippen LogP contribution in [-0.4, -0.2) is 27.5 Å². The van der Waals surface area contributed by atoms with Crippen molar-refractivity contribution in [3.8, 4) is 0 Å². The Morgan fingerprint density at radius 2 is 2.05 bits per heavy atom. The lowest BCUT2D eigenvalue weighted by Crippen LogP contribution is -2.47. The number of fused-ring (bicyclic) bond motifs is 1. The van der Waals surface area contributed by atoms with Crippen LogP contribution in [0.1, 0.15) is 44.2 Å². The second kappa shape index (κ2) is 5.41. The summed E-state index contributed by atoms with van der Waals surface area (Å²) in [5.74, 6) is 1.63. The maximum atomic E-state index is 5.67. The molecule has 2 atom stereocenters. The van der Waals surface area contributed by atoms with Crippen molar-refractivity contribution in [1.29, 1.82) is 0 Å². The molecule has 2 aliphatic rings. The number of aromatic nitrogens is 2. The third-order valence-electron chi connectivity index (χ3n) is 4.40. The zero-order chi connectivity index (χ0) is 13.2. The zero-order valence-corrected chi connectivity index (χ0v) is 11.9. The Morgan fingerprint density at radius 1 is 1.26 bits per heavy atom. The van der Waals surface area contributed by atoms with E-state index in [1.54, 1.807) is 12.3 Å². The summed E-state index contributed by atoms with van der Waals surface area (Å²) in [6, 6.07) is 2.40. The number of rotatable bonds is 2. The average molecular weight is 276 g/mol. The van der Waals surface area contributed by atoms with E-state index in [-0.39, 0.29) is 0 Å². The molecule has 0 amide bonds. The predicted octanol–water partition coefficient (Wildman–Crippen LogP) is 2.27. The van der Waals surface area contributed by atoms with Gasteiger partial charge in [0.15, 0.2) is 0 Å². The number of thiocarbonyl (C=S) groups is 1. The van der Waals surface area contributed by atoms with E-state index in [9.17, 15) is 0 Å². The molecule has 0 aromatic carbocycles. The summed E-state index contributed by atoms with van der Waals surface area (Å²) in [5, 5.41) is 0. The van der Waals surface area contributed by atoms with Crippen molar-refractivity contribution in [1.82, 2.24) is 9.97 Å². The molecule has 2 N–H and O–H groups in total. The Labute approximate surface area is 119 Å². The fraction of sp³-hybridized carbons (Fsp3) is 0.643. The van der Waals surface area contributed by atoms with Gasteiger partial charge in [0.2, 0.25) is 5.95 Å². The Hall–Kier alpha value is -1.23. The molecule has 0 bridgehead atoms. The first-order valence-electron chi connectivity index (χ1n) is 7.15. The van der Waals surface area contributed by atoms with Gasteiger partial charge in [-0.2, -0.15) is 0 Å².